The Labute approximate surface area is 197 Å². The van der Waals surface area contributed by atoms with E-state index in [0.29, 0.717) is 29.2 Å². The molecule has 0 unspecified atom stereocenters. The molecule has 4 aromatic rings. The average molecular weight is 453 g/mol. The van der Waals surface area contributed by atoms with Crippen LogP contribution in [0.25, 0.3) is 26.9 Å². The molecule has 0 amide bonds. The van der Waals surface area contributed by atoms with Gasteiger partial charge in [-0.3, -0.25) is 9.59 Å². The van der Waals surface area contributed by atoms with E-state index >= 15 is 0 Å². The zero-order valence-electron chi connectivity index (χ0n) is 19.0. The van der Waals surface area contributed by atoms with Gasteiger partial charge in [-0.1, -0.05) is 30.3 Å². The number of hydrogen-bond acceptors (Lipinski definition) is 5. The van der Waals surface area contributed by atoms with Crippen LogP contribution in [-0.4, -0.2) is 18.4 Å². The first kappa shape index (κ1) is 22.8. The Bertz CT molecular complexity index is 1410. The van der Waals surface area contributed by atoms with Gasteiger partial charge in [0.2, 0.25) is 0 Å². The Balaban J connectivity index is 1.67. The van der Waals surface area contributed by atoms with E-state index in [4.69, 9.17) is 20.5 Å². The summed E-state index contributed by atoms with van der Waals surface area (Å²) in [5.41, 5.74) is 5.04. The molecule has 0 aliphatic rings. The van der Waals surface area contributed by atoms with Crippen molar-refractivity contribution in [2.45, 2.75) is 26.9 Å². The Morgan fingerprint density at radius 3 is 2.68 bits per heavy atom. The zero-order valence-corrected chi connectivity index (χ0v) is 19.0. The maximum Gasteiger partial charge on any atom is 0.310 e. The summed E-state index contributed by atoms with van der Waals surface area (Å²) in [6, 6.07) is 18.2. The minimum atomic E-state index is -0.357. The van der Waals surface area contributed by atoms with Gasteiger partial charge in [-0.05, 0) is 55.3 Å². The van der Waals surface area contributed by atoms with Gasteiger partial charge in [0.15, 0.2) is 11.5 Å². The van der Waals surface area contributed by atoms with Crippen LogP contribution in [0, 0.1) is 6.57 Å². The highest BCUT2D eigenvalue weighted by molar-refractivity contribution is 5.95. The molecule has 1 aromatic heterocycles. The molecule has 0 saturated carbocycles. The SMILES string of the molecule is [C-]#[N+]c1cccc(-c2cc(COc3cc(C(C)=O)ccc3CC(=O)OCC)cc3ccoc23)c1. The van der Waals surface area contributed by atoms with E-state index in [1.54, 1.807) is 37.5 Å². The molecule has 1 heterocycles. The number of fused-ring (bicyclic) bond motifs is 1. The molecule has 0 radical (unpaired) electrons. The Morgan fingerprint density at radius 1 is 1.06 bits per heavy atom. The van der Waals surface area contributed by atoms with E-state index in [-0.39, 0.29) is 24.8 Å². The van der Waals surface area contributed by atoms with E-state index in [9.17, 15) is 9.59 Å². The highest BCUT2D eigenvalue weighted by Gasteiger charge is 2.15. The summed E-state index contributed by atoms with van der Waals surface area (Å²) in [7, 11) is 0. The molecule has 170 valence electrons. The van der Waals surface area contributed by atoms with E-state index in [1.807, 2.05) is 36.4 Å². The lowest BCUT2D eigenvalue weighted by molar-refractivity contribution is -0.142. The van der Waals surface area contributed by atoms with E-state index in [2.05, 4.69) is 4.85 Å². The predicted molar refractivity (Wildman–Crippen MR) is 129 cm³/mol. The normalized spacial score (nSPS) is 10.6. The third-order valence-electron chi connectivity index (χ3n) is 5.41. The number of hydrogen-bond donors (Lipinski definition) is 0. The number of rotatable bonds is 8. The molecule has 3 aromatic carbocycles. The summed E-state index contributed by atoms with van der Waals surface area (Å²) < 4.78 is 16.9. The van der Waals surface area contributed by atoms with Crippen LogP contribution in [0.1, 0.15) is 35.3 Å². The quantitative estimate of drug-likeness (QED) is 0.172. The lowest BCUT2D eigenvalue weighted by atomic mass is 10.00. The molecular formula is C28H23NO5. The van der Waals surface area contributed by atoms with Gasteiger partial charge in [-0.25, -0.2) is 4.85 Å². The van der Waals surface area contributed by atoms with Gasteiger partial charge in [0.05, 0.1) is 25.9 Å². The summed E-state index contributed by atoms with van der Waals surface area (Å²) in [4.78, 5) is 27.5. The number of nitrogens with zero attached hydrogens (tertiary/aromatic N) is 1. The third kappa shape index (κ3) is 5.00. The number of ketones is 1. The van der Waals surface area contributed by atoms with Gasteiger partial charge < -0.3 is 13.9 Å². The number of carbonyl (C=O) groups is 2. The summed E-state index contributed by atoms with van der Waals surface area (Å²) in [6.45, 7) is 11.1. The Hall–Kier alpha value is -4.37. The molecule has 0 fully saturated rings. The zero-order chi connectivity index (χ0) is 24.1. The first-order valence-corrected chi connectivity index (χ1v) is 10.9. The molecular weight excluding hydrogens is 430 g/mol. The van der Waals surface area contributed by atoms with Crippen LogP contribution in [-0.2, 0) is 22.6 Å². The molecule has 6 heteroatoms. The van der Waals surface area contributed by atoms with Crippen molar-refractivity contribution in [3.63, 3.8) is 0 Å². The fourth-order valence-electron chi connectivity index (χ4n) is 3.77. The molecule has 4 rings (SSSR count). The van der Waals surface area contributed by atoms with Crippen molar-refractivity contribution in [1.29, 1.82) is 0 Å². The van der Waals surface area contributed by atoms with Gasteiger partial charge in [-0.2, -0.15) is 0 Å². The van der Waals surface area contributed by atoms with Crippen LogP contribution >= 0.6 is 0 Å². The second kappa shape index (κ2) is 10.1. The van der Waals surface area contributed by atoms with E-state index < -0.39 is 0 Å². The van der Waals surface area contributed by atoms with Crippen LogP contribution in [0.2, 0.25) is 0 Å². The highest BCUT2D eigenvalue weighted by Crippen LogP contribution is 2.33. The van der Waals surface area contributed by atoms with Crippen molar-refractivity contribution in [2.75, 3.05) is 6.61 Å². The first-order chi connectivity index (χ1) is 16.5. The largest absolute Gasteiger partial charge is 0.489 e. The summed E-state index contributed by atoms with van der Waals surface area (Å²) in [5.74, 6) is 0.0173. The summed E-state index contributed by atoms with van der Waals surface area (Å²) >= 11 is 0. The van der Waals surface area contributed by atoms with Crippen LogP contribution in [0.15, 0.2) is 71.3 Å². The van der Waals surface area contributed by atoms with Gasteiger partial charge in [0, 0.05) is 22.1 Å². The van der Waals surface area contributed by atoms with Crippen molar-refractivity contribution in [1.82, 2.24) is 0 Å². The maximum absolute atomic E-state index is 12.1. The van der Waals surface area contributed by atoms with E-state index in [1.165, 1.54) is 6.92 Å². The third-order valence-corrected chi connectivity index (χ3v) is 5.41. The molecule has 0 N–H and O–H groups in total. The van der Waals surface area contributed by atoms with Crippen molar-refractivity contribution in [3.8, 4) is 16.9 Å². The fourth-order valence-corrected chi connectivity index (χ4v) is 3.77. The summed E-state index contributed by atoms with van der Waals surface area (Å²) in [5, 5.41) is 0.911. The predicted octanol–water partition coefficient (Wildman–Crippen LogP) is 6.54. The number of Topliss-reactive ketones (excluding diaryl/α,β-unsaturated/α-hetero) is 1. The molecule has 6 nitrogen and oxygen atoms in total. The lowest BCUT2D eigenvalue weighted by Gasteiger charge is -2.14. The van der Waals surface area contributed by atoms with Gasteiger partial charge >= 0.3 is 5.97 Å². The second-order valence-corrected chi connectivity index (χ2v) is 7.79. The monoisotopic (exact) mass is 453 g/mol. The van der Waals surface area contributed by atoms with Crippen molar-refractivity contribution < 1.29 is 23.5 Å². The second-order valence-electron chi connectivity index (χ2n) is 7.79. The average Bonchev–Trinajstić information content (AvgIpc) is 3.31. The number of benzene rings is 3. The number of furan rings is 1. The lowest BCUT2D eigenvalue weighted by Crippen LogP contribution is -2.10. The molecule has 0 saturated heterocycles. The highest BCUT2D eigenvalue weighted by atomic mass is 16.5. The number of ether oxygens (including phenoxy) is 2. The van der Waals surface area contributed by atoms with Gasteiger partial charge in [0.1, 0.15) is 17.9 Å². The van der Waals surface area contributed by atoms with Crippen LogP contribution in [0.5, 0.6) is 5.75 Å². The minimum absolute atomic E-state index is 0.0524. The number of carbonyl (C=O) groups excluding carboxylic acids is 2. The first-order valence-electron chi connectivity index (χ1n) is 10.9. The van der Waals surface area contributed by atoms with Crippen molar-refractivity contribution in [2.24, 2.45) is 0 Å². The molecule has 0 aliphatic heterocycles. The van der Waals surface area contributed by atoms with Crippen molar-refractivity contribution in [3.05, 3.63) is 95.0 Å². The number of esters is 1. The molecule has 0 spiro atoms. The molecule has 0 bridgehead atoms. The van der Waals surface area contributed by atoms with Crippen LogP contribution < -0.4 is 4.74 Å². The summed E-state index contributed by atoms with van der Waals surface area (Å²) in [6.07, 6.45) is 1.68. The molecule has 0 aliphatic carbocycles. The molecule has 34 heavy (non-hydrogen) atoms. The van der Waals surface area contributed by atoms with Crippen LogP contribution in [0.3, 0.4) is 0 Å². The topological polar surface area (TPSA) is 70.1 Å². The Morgan fingerprint density at radius 2 is 1.91 bits per heavy atom. The van der Waals surface area contributed by atoms with Crippen molar-refractivity contribution >= 4 is 28.4 Å². The van der Waals surface area contributed by atoms with Crippen LogP contribution in [0.4, 0.5) is 5.69 Å². The maximum atomic E-state index is 12.1. The molecule has 0 atom stereocenters. The van der Waals surface area contributed by atoms with E-state index in [0.717, 1.165) is 27.7 Å². The van der Waals surface area contributed by atoms with Gasteiger partial charge in [-0.15, -0.1) is 0 Å². The van der Waals surface area contributed by atoms with Gasteiger partial charge in [0.25, 0.3) is 0 Å². The smallest absolute Gasteiger partial charge is 0.310 e. The minimum Gasteiger partial charge on any atom is -0.489 e. The fraction of sp³-hybridized carbons (Fsp3) is 0.179. The Kier molecular flexibility index (Phi) is 6.74. The standard InChI is InChI=1S/C28H23NO5/c1-4-32-27(31)16-22-9-8-20(18(2)30)15-26(22)34-17-19-12-23-10-11-33-28(23)25(13-19)21-6-5-7-24(14-21)29-3/h5-15H,4,16-17H2,1-2H3.